The molecule has 0 saturated carbocycles. The molecular weight excluding hydrogens is 258 g/mol. The second kappa shape index (κ2) is 5.73. The van der Waals surface area contributed by atoms with Crippen LogP contribution in [0.5, 0.6) is 0 Å². The van der Waals surface area contributed by atoms with Gasteiger partial charge in [-0.1, -0.05) is 29.8 Å². The van der Waals surface area contributed by atoms with Crippen molar-refractivity contribution >= 4 is 22.0 Å². The third-order valence-corrected chi connectivity index (χ3v) is 3.35. The van der Waals surface area contributed by atoms with Crippen molar-refractivity contribution in [3.8, 4) is 0 Å². The highest BCUT2D eigenvalue weighted by Gasteiger charge is 2.18. The molecule has 0 aliphatic carbocycles. The van der Waals surface area contributed by atoms with E-state index in [4.69, 9.17) is 4.74 Å². The second-order valence-electron chi connectivity index (χ2n) is 5.48. The number of nitrogens with one attached hydrogen (secondary N) is 1. The Labute approximate surface area is 101 Å². The molecule has 4 heteroatoms. The zero-order valence-corrected chi connectivity index (χ0v) is 11.9. The minimum atomic E-state index is -0.422. The van der Waals surface area contributed by atoms with Crippen LogP contribution in [0, 0.1) is 5.41 Å². The molecule has 0 heterocycles. The third-order valence-electron chi connectivity index (χ3n) is 1.83. The number of hydrogen-bond acceptors (Lipinski definition) is 2. The lowest BCUT2D eigenvalue weighted by Gasteiger charge is -2.23. The van der Waals surface area contributed by atoms with Crippen LogP contribution in [-0.2, 0) is 4.74 Å². The number of alkyl halides is 1. The predicted molar refractivity (Wildman–Crippen MR) is 66.4 cm³/mol. The van der Waals surface area contributed by atoms with E-state index in [1.165, 1.54) is 0 Å². The highest BCUT2D eigenvalue weighted by Crippen LogP contribution is 2.21. The van der Waals surface area contributed by atoms with Gasteiger partial charge in [0.15, 0.2) is 0 Å². The Bertz CT molecular complexity index is 209. The fourth-order valence-electron chi connectivity index (χ4n) is 0.884. The maximum Gasteiger partial charge on any atom is 0.407 e. The largest absolute Gasteiger partial charge is 0.444 e. The van der Waals surface area contributed by atoms with Gasteiger partial charge in [0, 0.05) is 11.9 Å². The summed E-state index contributed by atoms with van der Waals surface area (Å²) in [5, 5.41) is 3.67. The molecule has 0 atom stereocenters. The number of halogens is 1. The summed E-state index contributed by atoms with van der Waals surface area (Å²) in [7, 11) is 0. The van der Waals surface area contributed by atoms with E-state index in [1.54, 1.807) is 0 Å². The van der Waals surface area contributed by atoms with Crippen molar-refractivity contribution in [2.75, 3.05) is 11.9 Å². The molecule has 0 bridgehead atoms. The van der Waals surface area contributed by atoms with Gasteiger partial charge in [0.05, 0.1) is 0 Å². The van der Waals surface area contributed by atoms with Gasteiger partial charge in [0.2, 0.25) is 0 Å². The summed E-state index contributed by atoms with van der Waals surface area (Å²) in [6.45, 7) is 10.5. The Kier molecular flexibility index (Phi) is 5.63. The van der Waals surface area contributed by atoms with Gasteiger partial charge in [-0.05, 0) is 32.6 Å². The molecule has 0 spiro atoms. The van der Waals surface area contributed by atoms with E-state index >= 15 is 0 Å². The van der Waals surface area contributed by atoms with Crippen LogP contribution in [0.2, 0.25) is 0 Å². The Morgan fingerprint density at radius 3 is 2.20 bits per heavy atom. The number of carbonyl (C=O) groups excluding carboxylic acids is 1. The highest BCUT2D eigenvalue weighted by molar-refractivity contribution is 9.09. The monoisotopic (exact) mass is 279 g/mol. The van der Waals surface area contributed by atoms with Gasteiger partial charge in [-0.25, -0.2) is 4.79 Å². The quantitative estimate of drug-likeness (QED) is 0.802. The van der Waals surface area contributed by atoms with Crippen LogP contribution in [0.4, 0.5) is 4.79 Å². The molecule has 0 aliphatic rings. The van der Waals surface area contributed by atoms with Gasteiger partial charge in [-0.2, -0.15) is 0 Å². The zero-order chi connectivity index (χ0) is 12.1. The summed E-state index contributed by atoms with van der Waals surface area (Å²) in [5.41, 5.74) is -0.218. The molecule has 15 heavy (non-hydrogen) atoms. The molecule has 0 aromatic heterocycles. The van der Waals surface area contributed by atoms with Crippen LogP contribution >= 0.6 is 15.9 Å². The summed E-state index contributed by atoms with van der Waals surface area (Å²) >= 11 is 3.44. The number of amides is 1. The van der Waals surface area contributed by atoms with Gasteiger partial charge in [0.25, 0.3) is 0 Å². The van der Waals surface area contributed by atoms with Gasteiger partial charge in [0.1, 0.15) is 5.60 Å². The van der Waals surface area contributed by atoms with E-state index in [0.29, 0.717) is 6.54 Å². The lowest BCUT2D eigenvalue weighted by atomic mass is 9.92. The van der Waals surface area contributed by atoms with Crippen molar-refractivity contribution < 1.29 is 9.53 Å². The van der Waals surface area contributed by atoms with Crippen LogP contribution in [0.1, 0.15) is 41.0 Å². The topological polar surface area (TPSA) is 38.3 Å². The molecule has 0 aromatic carbocycles. The smallest absolute Gasteiger partial charge is 0.407 e. The first kappa shape index (κ1) is 14.8. The fourth-order valence-corrected chi connectivity index (χ4v) is 1.16. The molecule has 0 radical (unpaired) electrons. The molecule has 0 fully saturated rings. The number of ether oxygens (including phenoxy) is 1. The molecule has 1 N–H and O–H groups in total. The van der Waals surface area contributed by atoms with Gasteiger partial charge >= 0.3 is 6.09 Å². The zero-order valence-electron chi connectivity index (χ0n) is 10.3. The fraction of sp³-hybridized carbons (Fsp3) is 0.909. The average Bonchev–Trinajstić information content (AvgIpc) is 2.00. The summed E-state index contributed by atoms with van der Waals surface area (Å²) in [6.07, 6.45) is 0.588. The summed E-state index contributed by atoms with van der Waals surface area (Å²) in [5.74, 6) is 0. The van der Waals surface area contributed by atoms with Crippen molar-refractivity contribution in [3.05, 3.63) is 0 Å². The number of alkyl carbamates (subject to hydrolysis) is 1. The van der Waals surface area contributed by atoms with Crippen molar-refractivity contribution in [3.63, 3.8) is 0 Å². The third kappa shape index (κ3) is 8.73. The van der Waals surface area contributed by atoms with E-state index in [1.807, 2.05) is 20.8 Å². The summed E-state index contributed by atoms with van der Waals surface area (Å²) in [6, 6.07) is 0. The standard InChI is InChI=1S/C11H22BrNO2/c1-10(2,3)15-9(14)13-7-6-11(4,5)8-12/h6-8H2,1-5H3,(H,13,14). The molecule has 0 aliphatic heterocycles. The molecule has 3 nitrogen and oxygen atoms in total. The van der Waals surface area contributed by atoms with Crippen molar-refractivity contribution in [1.82, 2.24) is 5.32 Å². The van der Waals surface area contributed by atoms with E-state index < -0.39 is 5.60 Å². The normalized spacial score (nSPS) is 12.4. The summed E-state index contributed by atoms with van der Waals surface area (Å²) < 4.78 is 5.12. The van der Waals surface area contributed by atoms with E-state index in [9.17, 15) is 4.79 Å². The Hall–Kier alpha value is -0.250. The lowest BCUT2D eigenvalue weighted by Crippen LogP contribution is -2.34. The maximum absolute atomic E-state index is 11.3. The number of hydrogen-bond donors (Lipinski definition) is 1. The van der Waals surface area contributed by atoms with Gasteiger partial charge in [-0.3, -0.25) is 0 Å². The van der Waals surface area contributed by atoms with Crippen molar-refractivity contribution in [1.29, 1.82) is 0 Å². The molecule has 0 rings (SSSR count). The molecule has 90 valence electrons. The lowest BCUT2D eigenvalue weighted by molar-refractivity contribution is 0.0523. The Balaban J connectivity index is 3.74. The van der Waals surface area contributed by atoms with Crippen LogP contribution in [0.3, 0.4) is 0 Å². The van der Waals surface area contributed by atoms with Crippen molar-refractivity contribution in [2.24, 2.45) is 5.41 Å². The molecule has 0 aromatic rings. The molecule has 1 amide bonds. The number of carbonyl (C=O) groups is 1. The van der Waals surface area contributed by atoms with Crippen LogP contribution in [0.15, 0.2) is 0 Å². The SMILES string of the molecule is CC(C)(CBr)CCNC(=O)OC(C)(C)C. The molecule has 0 unspecified atom stereocenters. The van der Waals surface area contributed by atoms with Crippen LogP contribution in [-0.4, -0.2) is 23.6 Å². The van der Waals surface area contributed by atoms with E-state index in [2.05, 4.69) is 35.1 Å². The minimum absolute atomic E-state index is 0.203. The van der Waals surface area contributed by atoms with Crippen LogP contribution < -0.4 is 5.32 Å². The summed E-state index contributed by atoms with van der Waals surface area (Å²) in [4.78, 5) is 11.3. The maximum atomic E-state index is 11.3. The first-order chi connectivity index (χ1) is 6.66. The molecule has 0 saturated heterocycles. The predicted octanol–water partition coefficient (Wildman–Crippen LogP) is 3.32. The Morgan fingerprint density at radius 1 is 1.27 bits per heavy atom. The van der Waals surface area contributed by atoms with Crippen LogP contribution in [0.25, 0.3) is 0 Å². The van der Waals surface area contributed by atoms with E-state index in [0.717, 1.165) is 11.8 Å². The minimum Gasteiger partial charge on any atom is -0.444 e. The first-order valence-electron chi connectivity index (χ1n) is 5.19. The highest BCUT2D eigenvalue weighted by atomic mass is 79.9. The average molecular weight is 280 g/mol. The Morgan fingerprint density at radius 2 is 1.80 bits per heavy atom. The second-order valence-corrected chi connectivity index (χ2v) is 6.04. The van der Waals surface area contributed by atoms with Gasteiger partial charge in [-0.15, -0.1) is 0 Å². The van der Waals surface area contributed by atoms with E-state index in [-0.39, 0.29) is 11.5 Å². The van der Waals surface area contributed by atoms with Crippen molar-refractivity contribution in [2.45, 2.75) is 46.6 Å². The first-order valence-corrected chi connectivity index (χ1v) is 6.31. The number of rotatable bonds is 4. The van der Waals surface area contributed by atoms with Gasteiger partial charge < -0.3 is 10.1 Å². The molecular formula is C11H22BrNO2.